The maximum Gasteiger partial charge on any atom is 0.284 e. The molecular weight excluding hydrogens is 481 g/mol. The number of benzene rings is 2. The molecule has 0 saturated carbocycles. The van der Waals surface area contributed by atoms with E-state index < -0.39 is 0 Å². The highest BCUT2D eigenvalue weighted by atomic mass is 35.5. The van der Waals surface area contributed by atoms with Crippen molar-refractivity contribution in [3.8, 4) is 17.2 Å². The van der Waals surface area contributed by atoms with Gasteiger partial charge in [-0.3, -0.25) is 4.79 Å². The standard InChI is InChI=1S/C24H21Cl2N3O3S/c1-2-15-4-3-5-18(12-15)31-14-21-19(25)13-20(26)23(30)29(21)11-10-16-6-8-17(9-7-16)22-27-28-24(33)32-22/h3-9,12-13H,2,10-11,14H2,1H3,(H,28,33). The summed E-state index contributed by atoms with van der Waals surface area (Å²) in [5.74, 6) is 1.15. The number of aromatic amines is 1. The maximum atomic E-state index is 12.8. The topological polar surface area (TPSA) is 73.1 Å². The van der Waals surface area contributed by atoms with Crippen LogP contribution >= 0.6 is 35.4 Å². The minimum atomic E-state index is -0.299. The van der Waals surface area contributed by atoms with Crippen LogP contribution in [0.5, 0.6) is 5.75 Å². The number of hydrogen-bond donors (Lipinski definition) is 1. The fraction of sp³-hybridized carbons (Fsp3) is 0.208. The van der Waals surface area contributed by atoms with E-state index in [1.807, 2.05) is 48.5 Å². The molecule has 2 aromatic carbocycles. The molecule has 0 amide bonds. The first-order chi connectivity index (χ1) is 15.9. The minimum absolute atomic E-state index is 0.0759. The molecule has 0 aliphatic heterocycles. The summed E-state index contributed by atoms with van der Waals surface area (Å²) in [6.07, 6.45) is 1.50. The minimum Gasteiger partial charge on any atom is -0.487 e. The van der Waals surface area contributed by atoms with Gasteiger partial charge < -0.3 is 13.7 Å². The number of hydrogen-bond acceptors (Lipinski definition) is 5. The molecule has 0 spiro atoms. The molecule has 6 nitrogen and oxygen atoms in total. The van der Waals surface area contributed by atoms with Crippen LogP contribution in [0, 0.1) is 4.84 Å². The smallest absolute Gasteiger partial charge is 0.284 e. The predicted octanol–water partition coefficient (Wildman–Crippen LogP) is 6.25. The van der Waals surface area contributed by atoms with Gasteiger partial charge in [0, 0.05) is 12.1 Å². The molecule has 4 aromatic rings. The Morgan fingerprint density at radius 2 is 1.88 bits per heavy atom. The Morgan fingerprint density at radius 3 is 2.58 bits per heavy atom. The summed E-state index contributed by atoms with van der Waals surface area (Å²) < 4.78 is 12.9. The van der Waals surface area contributed by atoms with Gasteiger partial charge in [0.25, 0.3) is 10.4 Å². The number of pyridine rings is 1. The van der Waals surface area contributed by atoms with Gasteiger partial charge in [0.2, 0.25) is 5.89 Å². The van der Waals surface area contributed by atoms with Gasteiger partial charge in [0.1, 0.15) is 17.4 Å². The molecule has 0 unspecified atom stereocenters. The monoisotopic (exact) mass is 501 g/mol. The largest absolute Gasteiger partial charge is 0.487 e. The second-order valence-electron chi connectivity index (χ2n) is 7.40. The highest BCUT2D eigenvalue weighted by molar-refractivity contribution is 7.71. The number of nitrogens with zero attached hydrogens (tertiary/aromatic N) is 2. The van der Waals surface area contributed by atoms with Gasteiger partial charge in [-0.2, -0.15) is 0 Å². The Kier molecular flexibility index (Phi) is 7.33. The Balaban J connectivity index is 1.53. The molecule has 0 atom stereocenters. The van der Waals surface area contributed by atoms with Crippen molar-refractivity contribution in [3.05, 3.63) is 96.7 Å². The molecule has 170 valence electrons. The van der Waals surface area contributed by atoms with Crippen molar-refractivity contribution >= 4 is 35.4 Å². The number of rotatable bonds is 8. The maximum absolute atomic E-state index is 12.8. The second-order valence-corrected chi connectivity index (χ2v) is 8.58. The van der Waals surface area contributed by atoms with Crippen molar-refractivity contribution in [1.82, 2.24) is 14.8 Å². The van der Waals surface area contributed by atoms with Crippen molar-refractivity contribution in [2.75, 3.05) is 0 Å². The number of H-pyrrole nitrogens is 1. The first kappa shape index (κ1) is 23.3. The quantitative estimate of drug-likeness (QED) is 0.288. The average Bonchev–Trinajstić information content (AvgIpc) is 3.26. The first-order valence-electron chi connectivity index (χ1n) is 10.4. The Morgan fingerprint density at radius 1 is 1.09 bits per heavy atom. The molecule has 33 heavy (non-hydrogen) atoms. The van der Waals surface area contributed by atoms with E-state index in [9.17, 15) is 4.79 Å². The van der Waals surface area contributed by atoms with Gasteiger partial charge in [0.05, 0.1) is 10.7 Å². The van der Waals surface area contributed by atoms with E-state index >= 15 is 0 Å². The van der Waals surface area contributed by atoms with E-state index in [0.29, 0.717) is 29.6 Å². The van der Waals surface area contributed by atoms with Crippen molar-refractivity contribution in [3.63, 3.8) is 0 Å². The molecule has 0 aliphatic carbocycles. The third-order valence-corrected chi connectivity index (χ3v) is 6.02. The van der Waals surface area contributed by atoms with Gasteiger partial charge in [-0.25, -0.2) is 5.10 Å². The molecule has 0 radical (unpaired) electrons. The zero-order valence-corrected chi connectivity index (χ0v) is 20.1. The number of halogens is 2. The molecule has 0 bridgehead atoms. The van der Waals surface area contributed by atoms with E-state index in [0.717, 1.165) is 23.3 Å². The average molecular weight is 502 g/mol. The van der Waals surface area contributed by atoms with E-state index in [4.69, 9.17) is 44.6 Å². The van der Waals surface area contributed by atoms with Crippen LogP contribution in [-0.2, 0) is 26.0 Å². The van der Waals surface area contributed by atoms with Crippen LogP contribution in [0.1, 0.15) is 23.7 Å². The highest BCUT2D eigenvalue weighted by Crippen LogP contribution is 2.22. The van der Waals surface area contributed by atoms with Gasteiger partial charge in [-0.15, -0.1) is 5.10 Å². The fourth-order valence-corrected chi connectivity index (χ4v) is 4.09. The molecular formula is C24H21Cl2N3O3S. The Bertz CT molecular complexity index is 1380. The summed E-state index contributed by atoms with van der Waals surface area (Å²) in [6.45, 7) is 2.63. The highest BCUT2D eigenvalue weighted by Gasteiger charge is 2.14. The number of ether oxygens (including phenoxy) is 1. The Hall–Kier alpha value is -2.87. The summed E-state index contributed by atoms with van der Waals surface area (Å²) in [5, 5.41) is 7.09. The lowest BCUT2D eigenvalue weighted by molar-refractivity contribution is 0.292. The van der Waals surface area contributed by atoms with Crippen molar-refractivity contribution in [2.24, 2.45) is 0 Å². The summed E-state index contributed by atoms with van der Waals surface area (Å²) >= 11 is 17.5. The molecule has 1 N–H and O–H groups in total. The third kappa shape index (κ3) is 5.55. The fourth-order valence-electron chi connectivity index (χ4n) is 3.44. The summed E-state index contributed by atoms with van der Waals surface area (Å²) in [4.78, 5) is 13.0. The molecule has 0 saturated heterocycles. The normalized spacial score (nSPS) is 11.0. The second kappa shape index (κ2) is 10.4. The molecule has 2 aromatic heterocycles. The predicted molar refractivity (Wildman–Crippen MR) is 132 cm³/mol. The van der Waals surface area contributed by atoms with E-state index in [-0.39, 0.29) is 22.0 Å². The van der Waals surface area contributed by atoms with E-state index in [1.165, 1.54) is 11.6 Å². The van der Waals surface area contributed by atoms with Gasteiger partial charge in [-0.1, -0.05) is 54.4 Å². The van der Waals surface area contributed by atoms with Crippen LogP contribution in [0.25, 0.3) is 11.5 Å². The SMILES string of the molecule is CCc1cccc(OCc2c(Cl)cc(Cl)c(=O)n2CCc2ccc(-c3n[nH]c(=S)o3)cc2)c1. The van der Waals surface area contributed by atoms with E-state index in [2.05, 4.69) is 17.1 Å². The zero-order chi connectivity index (χ0) is 23.4. The summed E-state index contributed by atoms with van der Waals surface area (Å²) in [6, 6.07) is 17.0. The Labute approximate surface area is 205 Å². The van der Waals surface area contributed by atoms with Crippen LogP contribution < -0.4 is 10.3 Å². The van der Waals surface area contributed by atoms with Crippen molar-refractivity contribution in [2.45, 2.75) is 32.9 Å². The van der Waals surface area contributed by atoms with Crippen LogP contribution in [-0.4, -0.2) is 14.8 Å². The van der Waals surface area contributed by atoms with Gasteiger partial charge in [-0.05, 0) is 66.5 Å². The summed E-state index contributed by atoms with van der Waals surface area (Å²) in [7, 11) is 0. The molecule has 4 rings (SSSR count). The molecule has 0 aliphatic rings. The van der Waals surface area contributed by atoms with E-state index in [1.54, 1.807) is 4.57 Å². The number of aryl methyl sites for hydroxylation is 2. The van der Waals surface area contributed by atoms with Gasteiger partial charge in [0.15, 0.2) is 0 Å². The van der Waals surface area contributed by atoms with Gasteiger partial charge >= 0.3 is 0 Å². The molecule has 9 heteroatoms. The summed E-state index contributed by atoms with van der Waals surface area (Å²) in [5.41, 5.74) is 3.28. The van der Waals surface area contributed by atoms with Crippen molar-refractivity contribution in [1.29, 1.82) is 0 Å². The lowest BCUT2D eigenvalue weighted by Crippen LogP contribution is -2.26. The first-order valence-corrected chi connectivity index (χ1v) is 11.5. The zero-order valence-electron chi connectivity index (χ0n) is 17.8. The van der Waals surface area contributed by atoms with Crippen LogP contribution in [0.15, 0.2) is 63.8 Å². The van der Waals surface area contributed by atoms with Crippen LogP contribution in [0.2, 0.25) is 10.0 Å². The number of nitrogens with one attached hydrogen (secondary N) is 1. The third-order valence-electron chi connectivity index (χ3n) is 5.25. The van der Waals surface area contributed by atoms with Crippen LogP contribution in [0.3, 0.4) is 0 Å². The van der Waals surface area contributed by atoms with Crippen LogP contribution in [0.4, 0.5) is 0 Å². The lowest BCUT2D eigenvalue weighted by atomic mass is 10.1. The lowest BCUT2D eigenvalue weighted by Gasteiger charge is -2.16. The molecule has 0 fully saturated rings. The number of aromatic nitrogens is 3. The van der Waals surface area contributed by atoms with Crippen molar-refractivity contribution < 1.29 is 9.15 Å². The molecule has 2 heterocycles.